The number of aryl methyl sites for hydroxylation is 1. The summed E-state index contributed by atoms with van der Waals surface area (Å²) in [5, 5.41) is 9.16. The van der Waals surface area contributed by atoms with Gasteiger partial charge in [-0.2, -0.15) is 0 Å². The fourth-order valence-electron chi connectivity index (χ4n) is 2.11. The first-order valence-corrected chi connectivity index (χ1v) is 6.23. The number of carboxylic acids is 1. The summed E-state index contributed by atoms with van der Waals surface area (Å²) < 4.78 is 0. The van der Waals surface area contributed by atoms with Crippen LogP contribution in [0.3, 0.4) is 0 Å². The topological polar surface area (TPSA) is 83.4 Å². The predicted molar refractivity (Wildman–Crippen MR) is 68.0 cm³/mol. The van der Waals surface area contributed by atoms with E-state index in [1.807, 2.05) is 0 Å². The molecule has 102 valence electrons. The first-order chi connectivity index (χ1) is 8.82. The van der Waals surface area contributed by atoms with Crippen LogP contribution in [0.2, 0.25) is 5.28 Å². The van der Waals surface area contributed by atoms with Crippen molar-refractivity contribution in [1.29, 1.82) is 0 Å². The Morgan fingerprint density at radius 1 is 1.47 bits per heavy atom. The summed E-state index contributed by atoms with van der Waals surface area (Å²) in [6, 6.07) is 1.55. The van der Waals surface area contributed by atoms with E-state index in [9.17, 15) is 9.59 Å². The SMILES string of the molecule is Cc1cc(C(=O)N2CCC(C)(C(=O)O)C2)nc(Cl)n1. The average Bonchev–Trinajstić information content (AvgIpc) is 2.71. The van der Waals surface area contributed by atoms with Crippen LogP contribution in [0.4, 0.5) is 0 Å². The molecule has 1 amide bonds. The molecular weight excluding hydrogens is 270 g/mol. The summed E-state index contributed by atoms with van der Waals surface area (Å²) in [7, 11) is 0. The molecule has 0 radical (unpaired) electrons. The lowest BCUT2D eigenvalue weighted by Crippen LogP contribution is -2.35. The van der Waals surface area contributed by atoms with Gasteiger partial charge in [0.1, 0.15) is 5.69 Å². The highest BCUT2D eigenvalue weighted by atomic mass is 35.5. The third kappa shape index (κ3) is 2.68. The minimum Gasteiger partial charge on any atom is -0.481 e. The summed E-state index contributed by atoms with van der Waals surface area (Å²) in [6.07, 6.45) is 0.436. The number of aromatic nitrogens is 2. The number of hydrogen-bond donors (Lipinski definition) is 1. The molecule has 1 fully saturated rings. The van der Waals surface area contributed by atoms with Crippen molar-refractivity contribution in [3.63, 3.8) is 0 Å². The number of carbonyl (C=O) groups excluding carboxylic acids is 1. The number of likely N-dealkylation sites (tertiary alicyclic amines) is 1. The molecule has 1 saturated heterocycles. The molecule has 0 aliphatic carbocycles. The molecule has 0 bridgehead atoms. The van der Waals surface area contributed by atoms with Crippen molar-refractivity contribution in [2.75, 3.05) is 13.1 Å². The largest absolute Gasteiger partial charge is 0.481 e. The lowest BCUT2D eigenvalue weighted by molar-refractivity contribution is -0.147. The standard InChI is InChI=1S/C12H14ClN3O3/c1-7-5-8(15-11(13)14-7)9(17)16-4-3-12(2,6-16)10(18)19/h5H,3-4,6H2,1-2H3,(H,18,19). The number of amides is 1. The lowest BCUT2D eigenvalue weighted by Gasteiger charge is -2.19. The van der Waals surface area contributed by atoms with Crippen LogP contribution >= 0.6 is 11.6 Å². The van der Waals surface area contributed by atoms with Crippen molar-refractivity contribution in [1.82, 2.24) is 14.9 Å². The molecule has 1 aromatic rings. The Labute approximate surface area is 115 Å². The third-order valence-corrected chi connectivity index (χ3v) is 3.49. The quantitative estimate of drug-likeness (QED) is 0.829. The number of aliphatic carboxylic acids is 1. The van der Waals surface area contributed by atoms with Gasteiger partial charge in [0.25, 0.3) is 5.91 Å². The predicted octanol–water partition coefficient (Wildman–Crippen LogP) is 1.38. The molecule has 2 heterocycles. The second kappa shape index (κ2) is 4.77. The molecule has 2 rings (SSSR count). The molecule has 0 spiro atoms. The lowest BCUT2D eigenvalue weighted by atomic mass is 9.90. The first-order valence-electron chi connectivity index (χ1n) is 5.86. The minimum atomic E-state index is -0.889. The highest BCUT2D eigenvalue weighted by Gasteiger charge is 2.42. The van der Waals surface area contributed by atoms with E-state index in [1.165, 1.54) is 4.90 Å². The van der Waals surface area contributed by atoms with Crippen LogP contribution in [0.25, 0.3) is 0 Å². The molecule has 0 saturated carbocycles. The molecule has 1 unspecified atom stereocenters. The van der Waals surface area contributed by atoms with Gasteiger partial charge in [0.05, 0.1) is 5.41 Å². The van der Waals surface area contributed by atoms with Gasteiger partial charge in [-0.15, -0.1) is 0 Å². The molecule has 0 aromatic carbocycles. The normalized spacial score (nSPS) is 22.6. The molecule has 1 aliphatic rings. The van der Waals surface area contributed by atoms with E-state index in [0.29, 0.717) is 18.7 Å². The van der Waals surface area contributed by atoms with Crippen molar-refractivity contribution in [2.45, 2.75) is 20.3 Å². The summed E-state index contributed by atoms with van der Waals surface area (Å²) in [5.74, 6) is -1.20. The van der Waals surface area contributed by atoms with Gasteiger partial charge in [-0.25, -0.2) is 9.97 Å². The van der Waals surface area contributed by atoms with Gasteiger partial charge >= 0.3 is 5.97 Å². The van der Waals surface area contributed by atoms with Gasteiger partial charge in [0.2, 0.25) is 5.28 Å². The molecule has 7 heteroatoms. The van der Waals surface area contributed by atoms with Crippen molar-refractivity contribution >= 4 is 23.5 Å². The molecule has 19 heavy (non-hydrogen) atoms. The molecule has 1 atom stereocenters. The maximum atomic E-state index is 12.2. The van der Waals surface area contributed by atoms with E-state index < -0.39 is 11.4 Å². The van der Waals surface area contributed by atoms with Gasteiger partial charge in [-0.3, -0.25) is 9.59 Å². The third-order valence-electron chi connectivity index (χ3n) is 3.32. The van der Waals surface area contributed by atoms with Gasteiger partial charge < -0.3 is 10.0 Å². The Balaban J connectivity index is 2.20. The number of hydrogen-bond acceptors (Lipinski definition) is 4. The number of halogens is 1. The van der Waals surface area contributed by atoms with E-state index in [0.717, 1.165) is 0 Å². The van der Waals surface area contributed by atoms with E-state index in [1.54, 1.807) is 19.9 Å². The summed E-state index contributed by atoms with van der Waals surface area (Å²) in [5.41, 5.74) is -0.0858. The van der Waals surface area contributed by atoms with Gasteiger partial charge in [0.15, 0.2) is 0 Å². The monoisotopic (exact) mass is 283 g/mol. The zero-order chi connectivity index (χ0) is 14.2. The zero-order valence-electron chi connectivity index (χ0n) is 10.7. The Morgan fingerprint density at radius 3 is 2.68 bits per heavy atom. The Bertz CT molecular complexity index is 529. The van der Waals surface area contributed by atoms with Crippen LogP contribution < -0.4 is 0 Å². The maximum absolute atomic E-state index is 12.2. The number of nitrogens with zero attached hydrogens (tertiary/aromatic N) is 3. The van der Waals surface area contributed by atoms with Crippen LogP contribution in [-0.2, 0) is 4.79 Å². The second-order valence-electron chi connectivity index (χ2n) is 5.01. The van der Waals surface area contributed by atoms with E-state index in [4.69, 9.17) is 16.7 Å². The van der Waals surface area contributed by atoms with E-state index >= 15 is 0 Å². The van der Waals surface area contributed by atoms with Crippen LogP contribution in [0, 0.1) is 12.3 Å². The fourth-order valence-corrected chi connectivity index (χ4v) is 2.34. The number of carboxylic acid groups (broad SMARTS) is 1. The van der Waals surface area contributed by atoms with Crippen LogP contribution in [0.15, 0.2) is 6.07 Å². The first kappa shape index (κ1) is 13.7. The summed E-state index contributed by atoms with van der Waals surface area (Å²) in [4.78, 5) is 32.7. The Morgan fingerprint density at radius 2 is 2.16 bits per heavy atom. The van der Waals surface area contributed by atoms with E-state index in [-0.39, 0.29) is 23.4 Å². The summed E-state index contributed by atoms with van der Waals surface area (Å²) >= 11 is 5.72. The minimum absolute atomic E-state index is 0.0172. The van der Waals surface area contributed by atoms with Crippen molar-refractivity contribution in [3.05, 3.63) is 22.7 Å². The van der Waals surface area contributed by atoms with Crippen molar-refractivity contribution < 1.29 is 14.7 Å². The molecular formula is C12H14ClN3O3. The Kier molecular flexibility index (Phi) is 3.45. The number of rotatable bonds is 2. The molecule has 6 nitrogen and oxygen atoms in total. The van der Waals surface area contributed by atoms with Crippen molar-refractivity contribution in [2.24, 2.45) is 5.41 Å². The Hall–Kier alpha value is -1.69. The van der Waals surface area contributed by atoms with Crippen LogP contribution in [-0.4, -0.2) is 44.9 Å². The van der Waals surface area contributed by atoms with Gasteiger partial charge in [-0.1, -0.05) is 0 Å². The fraction of sp³-hybridized carbons (Fsp3) is 0.500. The maximum Gasteiger partial charge on any atom is 0.311 e. The van der Waals surface area contributed by atoms with Gasteiger partial charge in [-0.05, 0) is 37.9 Å². The zero-order valence-corrected chi connectivity index (χ0v) is 11.4. The second-order valence-corrected chi connectivity index (χ2v) is 5.34. The van der Waals surface area contributed by atoms with Crippen LogP contribution in [0.1, 0.15) is 29.5 Å². The van der Waals surface area contributed by atoms with E-state index in [2.05, 4.69) is 9.97 Å². The van der Waals surface area contributed by atoms with Crippen LogP contribution in [0.5, 0.6) is 0 Å². The molecule has 1 aromatic heterocycles. The van der Waals surface area contributed by atoms with Gasteiger partial charge in [0, 0.05) is 18.8 Å². The molecule has 1 N–H and O–H groups in total. The number of carbonyl (C=O) groups is 2. The molecule has 1 aliphatic heterocycles. The summed E-state index contributed by atoms with van der Waals surface area (Å²) in [6.45, 7) is 3.95. The highest BCUT2D eigenvalue weighted by Crippen LogP contribution is 2.30. The van der Waals surface area contributed by atoms with Crippen molar-refractivity contribution in [3.8, 4) is 0 Å². The smallest absolute Gasteiger partial charge is 0.311 e. The average molecular weight is 284 g/mol. The highest BCUT2D eigenvalue weighted by molar-refractivity contribution is 6.28.